The summed E-state index contributed by atoms with van der Waals surface area (Å²) in [5.41, 5.74) is 6.81. The molecule has 0 heterocycles. The molecule has 0 aliphatic rings. The number of rotatable bonds is 4. The molecule has 0 unspecified atom stereocenters. The fourth-order valence-electron chi connectivity index (χ4n) is 1.48. The molecule has 0 fully saturated rings. The number of anilines is 1. The zero-order valence-electron chi connectivity index (χ0n) is 8.96. The molecule has 4 heteroatoms. The van der Waals surface area contributed by atoms with Crippen molar-refractivity contribution in [2.45, 2.75) is 13.8 Å². The molecule has 0 atom stereocenters. The molecule has 0 bridgehead atoms. The highest BCUT2D eigenvalue weighted by atomic mass is 79.9. The predicted octanol–water partition coefficient (Wildman–Crippen LogP) is 2.39. The molecule has 1 rings (SSSR count). The van der Waals surface area contributed by atoms with Gasteiger partial charge in [-0.1, -0.05) is 0 Å². The van der Waals surface area contributed by atoms with E-state index >= 15 is 0 Å². The summed E-state index contributed by atoms with van der Waals surface area (Å²) in [5.74, 6) is -0.401. The van der Waals surface area contributed by atoms with Crippen molar-refractivity contribution >= 4 is 27.5 Å². The summed E-state index contributed by atoms with van der Waals surface area (Å²) in [5, 5.41) is 0. The lowest BCUT2D eigenvalue weighted by molar-refractivity contribution is 0.100. The summed E-state index contributed by atoms with van der Waals surface area (Å²) in [6.45, 7) is 6.06. The maximum atomic E-state index is 11.0. The molecule has 1 aromatic carbocycles. The van der Waals surface area contributed by atoms with Crippen molar-refractivity contribution in [3.05, 3.63) is 28.2 Å². The van der Waals surface area contributed by atoms with Gasteiger partial charge in [-0.3, -0.25) is 4.79 Å². The molecule has 3 nitrogen and oxygen atoms in total. The fourth-order valence-corrected chi connectivity index (χ4v) is 2.11. The van der Waals surface area contributed by atoms with E-state index in [0.29, 0.717) is 5.56 Å². The van der Waals surface area contributed by atoms with Gasteiger partial charge in [0, 0.05) is 23.1 Å². The van der Waals surface area contributed by atoms with Gasteiger partial charge in [-0.05, 0) is 48.0 Å². The van der Waals surface area contributed by atoms with E-state index in [-0.39, 0.29) is 0 Å². The minimum absolute atomic E-state index is 0.401. The minimum Gasteiger partial charge on any atom is -0.371 e. The normalized spacial score (nSPS) is 10.1. The Morgan fingerprint density at radius 3 is 2.40 bits per heavy atom. The Hall–Kier alpha value is -1.03. The third-order valence-corrected chi connectivity index (χ3v) is 2.97. The van der Waals surface area contributed by atoms with Crippen molar-refractivity contribution in [1.29, 1.82) is 0 Å². The van der Waals surface area contributed by atoms with Crippen molar-refractivity contribution in [3.63, 3.8) is 0 Å². The summed E-state index contributed by atoms with van der Waals surface area (Å²) < 4.78 is 0.905. The molecule has 0 aliphatic heterocycles. The third kappa shape index (κ3) is 2.72. The van der Waals surface area contributed by atoms with E-state index in [4.69, 9.17) is 5.73 Å². The van der Waals surface area contributed by atoms with Crippen molar-refractivity contribution in [2.24, 2.45) is 5.73 Å². The van der Waals surface area contributed by atoms with Crippen LogP contribution in [0.5, 0.6) is 0 Å². The van der Waals surface area contributed by atoms with Crippen LogP contribution >= 0.6 is 15.9 Å². The van der Waals surface area contributed by atoms with Crippen molar-refractivity contribution < 1.29 is 4.79 Å². The highest BCUT2D eigenvalue weighted by Gasteiger charge is 2.08. The molecule has 0 spiro atoms. The van der Waals surface area contributed by atoms with Crippen LogP contribution in [0.4, 0.5) is 5.69 Å². The number of hydrogen-bond donors (Lipinski definition) is 1. The smallest absolute Gasteiger partial charge is 0.248 e. The number of carbonyl (C=O) groups excluding carboxylic acids is 1. The summed E-state index contributed by atoms with van der Waals surface area (Å²) in [4.78, 5) is 13.2. The molecule has 1 amide bonds. The molecular formula is C11H15BrN2O. The standard InChI is InChI=1S/C11H15BrN2O/c1-3-14(4-2)10-6-5-8(11(13)15)7-9(10)12/h5-7H,3-4H2,1-2H3,(H2,13,15). The molecule has 0 saturated carbocycles. The SMILES string of the molecule is CCN(CC)c1ccc(C(N)=O)cc1Br. The van der Waals surface area contributed by atoms with Gasteiger partial charge in [0.15, 0.2) is 0 Å². The zero-order valence-corrected chi connectivity index (χ0v) is 10.5. The number of halogens is 1. The number of nitrogens with zero attached hydrogens (tertiary/aromatic N) is 1. The molecule has 1 aromatic rings. The molecule has 15 heavy (non-hydrogen) atoms. The summed E-state index contributed by atoms with van der Waals surface area (Å²) in [7, 11) is 0. The van der Waals surface area contributed by atoms with E-state index in [9.17, 15) is 4.79 Å². The highest BCUT2D eigenvalue weighted by molar-refractivity contribution is 9.10. The highest BCUT2D eigenvalue weighted by Crippen LogP contribution is 2.27. The lowest BCUT2D eigenvalue weighted by atomic mass is 10.2. The van der Waals surface area contributed by atoms with Crippen LogP contribution in [0.25, 0.3) is 0 Å². The summed E-state index contributed by atoms with van der Waals surface area (Å²) in [6.07, 6.45) is 0. The van der Waals surface area contributed by atoms with E-state index < -0.39 is 5.91 Å². The van der Waals surface area contributed by atoms with Crippen LogP contribution in [-0.4, -0.2) is 19.0 Å². The topological polar surface area (TPSA) is 46.3 Å². The lowest BCUT2D eigenvalue weighted by Gasteiger charge is -2.22. The van der Waals surface area contributed by atoms with E-state index in [1.807, 2.05) is 6.07 Å². The van der Waals surface area contributed by atoms with Crippen molar-refractivity contribution in [2.75, 3.05) is 18.0 Å². The van der Waals surface area contributed by atoms with Crippen LogP contribution in [0, 0.1) is 0 Å². The first-order valence-corrected chi connectivity index (χ1v) is 5.73. The average Bonchev–Trinajstić information content (AvgIpc) is 2.21. The maximum absolute atomic E-state index is 11.0. The Balaban J connectivity index is 3.07. The number of benzene rings is 1. The average molecular weight is 271 g/mol. The molecular weight excluding hydrogens is 256 g/mol. The Morgan fingerprint density at radius 2 is 2.00 bits per heavy atom. The van der Waals surface area contributed by atoms with Gasteiger partial charge in [-0.2, -0.15) is 0 Å². The predicted molar refractivity (Wildman–Crippen MR) is 66.2 cm³/mol. The second kappa shape index (κ2) is 5.16. The Labute approximate surface area is 98.4 Å². The molecule has 2 N–H and O–H groups in total. The van der Waals surface area contributed by atoms with E-state index in [1.165, 1.54) is 0 Å². The van der Waals surface area contributed by atoms with Gasteiger partial charge in [0.05, 0.1) is 5.69 Å². The largest absolute Gasteiger partial charge is 0.371 e. The lowest BCUT2D eigenvalue weighted by Crippen LogP contribution is -2.22. The zero-order chi connectivity index (χ0) is 11.4. The molecule has 82 valence electrons. The van der Waals surface area contributed by atoms with Crippen LogP contribution in [0.15, 0.2) is 22.7 Å². The van der Waals surface area contributed by atoms with Crippen LogP contribution in [-0.2, 0) is 0 Å². The number of carbonyl (C=O) groups is 1. The van der Waals surface area contributed by atoms with Gasteiger partial charge >= 0.3 is 0 Å². The first kappa shape index (κ1) is 12.0. The molecule has 0 radical (unpaired) electrons. The molecule has 0 saturated heterocycles. The van der Waals surface area contributed by atoms with Gasteiger partial charge in [0.25, 0.3) is 0 Å². The Morgan fingerprint density at radius 1 is 1.40 bits per heavy atom. The van der Waals surface area contributed by atoms with Crippen LogP contribution in [0.2, 0.25) is 0 Å². The Kier molecular flexibility index (Phi) is 4.15. The fraction of sp³-hybridized carbons (Fsp3) is 0.364. The van der Waals surface area contributed by atoms with E-state index in [0.717, 1.165) is 23.2 Å². The monoisotopic (exact) mass is 270 g/mol. The van der Waals surface area contributed by atoms with Gasteiger partial charge in [-0.15, -0.1) is 0 Å². The first-order chi connectivity index (χ1) is 7.10. The first-order valence-electron chi connectivity index (χ1n) is 4.94. The second-order valence-corrected chi connectivity index (χ2v) is 4.06. The van der Waals surface area contributed by atoms with Crippen LogP contribution in [0.1, 0.15) is 24.2 Å². The van der Waals surface area contributed by atoms with Crippen LogP contribution in [0.3, 0.4) is 0 Å². The third-order valence-electron chi connectivity index (χ3n) is 2.34. The van der Waals surface area contributed by atoms with Gasteiger partial charge in [0.1, 0.15) is 0 Å². The summed E-state index contributed by atoms with van der Waals surface area (Å²) in [6, 6.07) is 5.42. The maximum Gasteiger partial charge on any atom is 0.248 e. The second-order valence-electron chi connectivity index (χ2n) is 3.20. The molecule has 0 aromatic heterocycles. The quantitative estimate of drug-likeness (QED) is 0.914. The molecule has 0 aliphatic carbocycles. The number of primary amides is 1. The van der Waals surface area contributed by atoms with Crippen molar-refractivity contribution in [1.82, 2.24) is 0 Å². The van der Waals surface area contributed by atoms with E-state index in [2.05, 4.69) is 34.7 Å². The van der Waals surface area contributed by atoms with Gasteiger partial charge < -0.3 is 10.6 Å². The number of amides is 1. The minimum atomic E-state index is -0.401. The van der Waals surface area contributed by atoms with Crippen LogP contribution < -0.4 is 10.6 Å². The Bertz CT molecular complexity index is 362. The number of hydrogen-bond acceptors (Lipinski definition) is 2. The van der Waals surface area contributed by atoms with Gasteiger partial charge in [0.2, 0.25) is 5.91 Å². The van der Waals surface area contributed by atoms with Crippen molar-refractivity contribution in [3.8, 4) is 0 Å². The number of nitrogens with two attached hydrogens (primary N) is 1. The van der Waals surface area contributed by atoms with E-state index in [1.54, 1.807) is 12.1 Å². The van der Waals surface area contributed by atoms with Gasteiger partial charge in [-0.25, -0.2) is 0 Å². The summed E-state index contributed by atoms with van der Waals surface area (Å²) >= 11 is 3.45.